The van der Waals surface area contributed by atoms with E-state index in [4.69, 9.17) is 4.74 Å². The molecule has 3 aliphatic rings. The molecule has 3 rings (SSSR count). The third-order valence-corrected chi connectivity index (χ3v) is 12.4. The van der Waals surface area contributed by atoms with Gasteiger partial charge < -0.3 is 25.2 Å². The van der Waals surface area contributed by atoms with Crippen molar-refractivity contribution in [2.45, 2.75) is 169 Å². The number of hydrogen-bond acceptors (Lipinski definition) is 6. The van der Waals surface area contributed by atoms with E-state index < -0.39 is 17.6 Å². The number of nitrogens with zero attached hydrogens (tertiary/aromatic N) is 1. The summed E-state index contributed by atoms with van der Waals surface area (Å²) in [5.41, 5.74) is 0.675. The molecule has 0 aromatic carbocycles. The number of esters is 1. The van der Waals surface area contributed by atoms with Gasteiger partial charge in [0.05, 0.1) is 24.0 Å². The average Bonchev–Trinajstić information content (AvgIpc) is 3.21. The molecule has 1 saturated heterocycles. The van der Waals surface area contributed by atoms with Crippen LogP contribution in [0.3, 0.4) is 0 Å². The van der Waals surface area contributed by atoms with Gasteiger partial charge in [-0.25, -0.2) is 0 Å². The number of aliphatic hydroxyl groups excluding tert-OH is 2. The highest BCUT2D eigenvalue weighted by Gasteiger charge is 2.43. The van der Waals surface area contributed by atoms with Crippen LogP contribution < -0.4 is 5.32 Å². The van der Waals surface area contributed by atoms with E-state index in [-0.39, 0.29) is 60.5 Å². The Labute approximate surface area is 363 Å². The number of fused-ring (bicyclic) bond motifs is 1. The van der Waals surface area contributed by atoms with E-state index >= 15 is 0 Å². The zero-order valence-electron chi connectivity index (χ0n) is 38.0. The van der Waals surface area contributed by atoms with E-state index in [1.165, 1.54) is 5.57 Å². The van der Waals surface area contributed by atoms with E-state index in [9.17, 15) is 24.6 Å². The zero-order chi connectivity index (χ0) is 43.8. The Morgan fingerprint density at radius 1 is 0.850 bits per heavy atom. The minimum atomic E-state index is -0.949. The Morgan fingerprint density at radius 3 is 1.98 bits per heavy atom. The summed E-state index contributed by atoms with van der Waals surface area (Å²) in [5.74, 6) is 0.596. The molecule has 1 fully saturated rings. The van der Waals surface area contributed by atoms with Crippen LogP contribution in [0.1, 0.15) is 144 Å². The molecule has 8 nitrogen and oxygen atoms in total. The highest BCUT2D eigenvalue weighted by atomic mass is 16.5. The Balaban J connectivity index is 1.28. The molecular formula is C52H80N2O6. The molecule has 0 spiro atoms. The minimum Gasteiger partial charge on any atom is -0.461 e. The van der Waals surface area contributed by atoms with Crippen molar-refractivity contribution in [1.82, 2.24) is 10.2 Å². The average molecular weight is 829 g/mol. The molecule has 334 valence electrons. The quantitative estimate of drug-likeness (QED) is 0.0623. The molecule has 7 unspecified atom stereocenters. The van der Waals surface area contributed by atoms with Gasteiger partial charge in [-0.15, -0.1) is 0 Å². The Kier molecular flexibility index (Phi) is 23.6. The monoisotopic (exact) mass is 829 g/mol. The van der Waals surface area contributed by atoms with Gasteiger partial charge >= 0.3 is 5.97 Å². The third-order valence-electron chi connectivity index (χ3n) is 12.4. The lowest BCUT2D eigenvalue weighted by Gasteiger charge is -2.44. The zero-order valence-corrected chi connectivity index (χ0v) is 38.0. The van der Waals surface area contributed by atoms with Crippen molar-refractivity contribution in [3.63, 3.8) is 0 Å². The summed E-state index contributed by atoms with van der Waals surface area (Å²) in [7, 11) is 0. The van der Waals surface area contributed by atoms with Crippen LogP contribution in [0.4, 0.5) is 0 Å². The van der Waals surface area contributed by atoms with Gasteiger partial charge in [0.2, 0.25) is 11.8 Å². The number of nitrogens with one attached hydrogen (secondary N) is 1. The number of rotatable bonds is 25. The number of amides is 2. The molecule has 0 saturated carbocycles. The van der Waals surface area contributed by atoms with Crippen LogP contribution in [0.2, 0.25) is 0 Å². The highest BCUT2D eigenvalue weighted by molar-refractivity contribution is 5.78. The fourth-order valence-electron chi connectivity index (χ4n) is 8.34. The van der Waals surface area contributed by atoms with E-state index in [0.717, 1.165) is 51.4 Å². The number of piperidine rings is 1. The van der Waals surface area contributed by atoms with Crippen molar-refractivity contribution in [1.29, 1.82) is 0 Å². The van der Waals surface area contributed by atoms with E-state index in [0.29, 0.717) is 57.5 Å². The number of ether oxygens (including phenoxy) is 1. The first-order chi connectivity index (χ1) is 28.8. The molecular weight excluding hydrogens is 749 g/mol. The van der Waals surface area contributed by atoms with Crippen molar-refractivity contribution in [3.05, 3.63) is 96.7 Å². The molecule has 60 heavy (non-hydrogen) atoms. The normalized spacial score (nSPS) is 24.0. The topological polar surface area (TPSA) is 116 Å². The second-order valence-corrected chi connectivity index (χ2v) is 18.0. The van der Waals surface area contributed by atoms with E-state index in [1.54, 1.807) is 0 Å². The molecule has 0 bridgehead atoms. The molecule has 2 amide bonds. The highest BCUT2D eigenvalue weighted by Crippen LogP contribution is 2.45. The molecule has 7 atom stereocenters. The Bertz CT molecular complexity index is 1540. The molecule has 0 aromatic rings. The molecule has 1 aliphatic heterocycles. The summed E-state index contributed by atoms with van der Waals surface area (Å²) in [6.07, 6.45) is 42.1. The lowest BCUT2D eigenvalue weighted by Crippen LogP contribution is -2.47. The van der Waals surface area contributed by atoms with Crippen LogP contribution in [0.25, 0.3) is 0 Å². The van der Waals surface area contributed by atoms with Crippen molar-refractivity contribution < 1.29 is 29.3 Å². The number of carbonyl (C=O) groups is 3. The first kappa shape index (κ1) is 50.6. The lowest BCUT2D eigenvalue weighted by molar-refractivity contribution is -0.164. The summed E-state index contributed by atoms with van der Waals surface area (Å²) in [4.78, 5) is 40.7. The SMILES string of the molecule is CCC=CCC=CCC=CCC=CCC=CCC=CCCC(=O)N1CCC(NC(=O)CC(O)CC(O)CCC2C(C)C=CC3=CC(C)CC(OC(=O)C(C)(C)CC)C32)CC1. The van der Waals surface area contributed by atoms with E-state index in [1.807, 2.05) is 25.7 Å². The molecule has 8 heteroatoms. The number of likely N-dealkylation sites (tertiary alicyclic amines) is 1. The van der Waals surface area contributed by atoms with Gasteiger partial charge in [0.1, 0.15) is 6.10 Å². The predicted octanol–water partition coefficient (Wildman–Crippen LogP) is 10.6. The van der Waals surface area contributed by atoms with Gasteiger partial charge in [-0.2, -0.15) is 0 Å². The molecule has 2 aliphatic carbocycles. The van der Waals surface area contributed by atoms with Crippen LogP contribution in [0, 0.1) is 29.1 Å². The van der Waals surface area contributed by atoms with E-state index in [2.05, 4.69) is 117 Å². The second kappa shape index (κ2) is 28.0. The summed E-state index contributed by atoms with van der Waals surface area (Å²) in [6.45, 7) is 13.6. The van der Waals surface area contributed by atoms with Crippen LogP contribution in [-0.4, -0.2) is 70.3 Å². The summed E-state index contributed by atoms with van der Waals surface area (Å²) < 4.78 is 6.23. The first-order valence-electron chi connectivity index (χ1n) is 23.3. The second-order valence-electron chi connectivity index (χ2n) is 18.0. The maximum absolute atomic E-state index is 13.1. The molecule has 0 aromatic heterocycles. The lowest BCUT2D eigenvalue weighted by atomic mass is 9.65. The van der Waals surface area contributed by atoms with Crippen molar-refractivity contribution in [3.8, 4) is 0 Å². The number of carbonyl (C=O) groups excluding carboxylic acids is 3. The van der Waals surface area contributed by atoms with Crippen LogP contribution in [-0.2, 0) is 19.1 Å². The van der Waals surface area contributed by atoms with Crippen LogP contribution in [0.15, 0.2) is 96.7 Å². The minimum absolute atomic E-state index is 0.0340. The standard InChI is InChI=1S/C52H80N2O6/c1-7-9-10-11-12-13-14-15-16-17-18-19-20-21-22-23-24-25-26-27-49(58)54-34-32-43(33-35-54)53-48(57)39-45(56)38-44(55)30-31-46-41(4)28-29-42-36-40(3)37-47(50(42)46)60-51(59)52(5,6)8-2/h9-10,12-13,15-16,18-19,21-22,24-25,28-29,36,40-41,43-47,50,55-56H,7-8,11,14,17,20,23,26-27,30-35,37-39H2,1-6H3,(H,53,57). The number of allylic oxidation sites excluding steroid dienone is 15. The first-order valence-corrected chi connectivity index (χ1v) is 23.3. The van der Waals surface area contributed by atoms with Gasteiger partial charge in [0.15, 0.2) is 0 Å². The van der Waals surface area contributed by atoms with Crippen molar-refractivity contribution in [2.24, 2.45) is 29.1 Å². The number of hydrogen-bond donors (Lipinski definition) is 3. The fraction of sp³-hybridized carbons (Fsp3) is 0.635. The largest absolute Gasteiger partial charge is 0.461 e. The Hall–Kier alpha value is -3.75. The summed E-state index contributed by atoms with van der Waals surface area (Å²) >= 11 is 0. The molecule has 1 heterocycles. The van der Waals surface area contributed by atoms with Gasteiger partial charge in [0.25, 0.3) is 0 Å². The van der Waals surface area contributed by atoms with Gasteiger partial charge in [0, 0.05) is 31.5 Å². The summed E-state index contributed by atoms with van der Waals surface area (Å²) in [5, 5.41) is 24.8. The maximum atomic E-state index is 13.1. The van der Waals surface area contributed by atoms with Gasteiger partial charge in [-0.3, -0.25) is 14.4 Å². The smallest absolute Gasteiger partial charge is 0.311 e. The Morgan fingerprint density at radius 2 is 1.42 bits per heavy atom. The fourth-order valence-corrected chi connectivity index (χ4v) is 8.34. The van der Waals surface area contributed by atoms with Crippen molar-refractivity contribution in [2.75, 3.05) is 13.1 Å². The van der Waals surface area contributed by atoms with Gasteiger partial charge in [-0.05, 0) is 127 Å². The van der Waals surface area contributed by atoms with Crippen LogP contribution >= 0.6 is 0 Å². The molecule has 3 N–H and O–H groups in total. The summed E-state index contributed by atoms with van der Waals surface area (Å²) in [6, 6.07) is -0.0340. The van der Waals surface area contributed by atoms with Crippen LogP contribution in [0.5, 0.6) is 0 Å². The maximum Gasteiger partial charge on any atom is 0.311 e. The number of aliphatic hydroxyl groups is 2. The third kappa shape index (κ3) is 18.9. The van der Waals surface area contributed by atoms with Gasteiger partial charge in [-0.1, -0.05) is 119 Å². The molecule has 0 radical (unpaired) electrons. The predicted molar refractivity (Wildman–Crippen MR) is 247 cm³/mol. The van der Waals surface area contributed by atoms with Crippen molar-refractivity contribution >= 4 is 17.8 Å².